The van der Waals surface area contributed by atoms with Crippen LogP contribution in [0.3, 0.4) is 0 Å². The van der Waals surface area contributed by atoms with Gasteiger partial charge < -0.3 is 5.11 Å². The Morgan fingerprint density at radius 3 is 2.79 bits per heavy atom. The lowest BCUT2D eigenvalue weighted by atomic mass is 10.0. The second kappa shape index (κ2) is 3.16. The predicted octanol–water partition coefficient (Wildman–Crippen LogP) is 1.41. The highest BCUT2D eigenvalue weighted by molar-refractivity contribution is 5.89. The van der Waals surface area contributed by atoms with Gasteiger partial charge in [-0.1, -0.05) is 18.2 Å². The smallest absolute Gasteiger partial charge is 0.333 e. The Kier molecular flexibility index (Phi) is 1.98. The van der Waals surface area contributed by atoms with Crippen molar-refractivity contribution in [3.63, 3.8) is 0 Å². The number of carbonyl (C=O) groups is 1. The Bertz CT molecular complexity index is 412. The first-order chi connectivity index (χ1) is 6.68. The van der Waals surface area contributed by atoms with Gasteiger partial charge in [0, 0.05) is 12.6 Å². The number of aliphatic carboxylic acids is 1. The molecule has 1 aromatic carbocycles. The monoisotopic (exact) mass is 191 g/mol. The first-order valence-electron chi connectivity index (χ1n) is 4.18. The molecule has 1 aliphatic rings. The lowest BCUT2D eigenvalue weighted by Crippen LogP contribution is -2.20. The molecule has 1 heterocycles. The second-order valence-corrected chi connectivity index (χ2v) is 3.11. The summed E-state index contributed by atoms with van der Waals surface area (Å²) < 4.78 is 0. The maximum atomic E-state index is 10.7. The normalized spacial score (nSPS) is 14.6. The highest BCUT2D eigenvalue weighted by Crippen LogP contribution is 2.27. The van der Waals surface area contributed by atoms with Gasteiger partial charge in [-0.2, -0.15) is 0 Å². The van der Waals surface area contributed by atoms with Crippen molar-refractivity contribution < 1.29 is 15.1 Å². The molecule has 14 heavy (non-hydrogen) atoms. The van der Waals surface area contributed by atoms with Crippen molar-refractivity contribution in [1.29, 1.82) is 0 Å². The second-order valence-electron chi connectivity index (χ2n) is 3.11. The molecule has 0 aromatic heterocycles. The Hall–Kier alpha value is -1.81. The van der Waals surface area contributed by atoms with Crippen LogP contribution in [0.25, 0.3) is 0 Å². The number of hydrogen-bond acceptors (Lipinski definition) is 3. The maximum absolute atomic E-state index is 10.7. The summed E-state index contributed by atoms with van der Waals surface area (Å²) >= 11 is 0. The minimum Gasteiger partial charge on any atom is -0.478 e. The van der Waals surface area contributed by atoms with E-state index in [4.69, 9.17) is 5.11 Å². The molecule has 0 atom stereocenters. The van der Waals surface area contributed by atoms with Crippen molar-refractivity contribution in [3.05, 3.63) is 41.6 Å². The third-order valence-electron chi connectivity index (χ3n) is 2.17. The van der Waals surface area contributed by atoms with E-state index in [9.17, 15) is 10.0 Å². The molecular formula is C10H9NO3. The predicted molar refractivity (Wildman–Crippen MR) is 50.1 cm³/mol. The largest absolute Gasteiger partial charge is 0.478 e. The van der Waals surface area contributed by atoms with Gasteiger partial charge in [0.25, 0.3) is 0 Å². The molecule has 0 saturated heterocycles. The average Bonchev–Trinajstić information content (AvgIpc) is 2.17. The van der Waals surface area contributed by atoms with Gasteiger partial charge >= 0.3 is 5.97 Å². The summed E-state index contributed by atoms with van der Waals surface area (Å²) in [5, 5.41) is 19.1. The van der Waals surface area contributed by atoms with E-state index < -0.39 is 5.97 Å². The van der Waals surface area contributed by atoms with E-state index >= 15 is 0 Å². The molecule has 2 N–H and O–H groups in total. The van der Waals surface area contributed by atoms with Gasteiger partial charge in [-0.05, 0) is 11.6 Å². The van der Waals surface area contributed by atoms with E-state index in [0.29, 0.717) is 12.1 Å². The molecule has 0 aliphatic carbocycles. The summed E-state index contributed by atoms with van der Waals surface area (Å²) in [5.74, 6) is -1.00. The van der Waals surface area contributed by atoms with E-state index in [1.54, 1.807) is 18.2 Å². The fraction of sp³-hybridized carbons (Fsp3) is 0.100. The standard InChI is InChI=1S/C10H9NO3/c12-10(13)8-5-7-3-1-2-4-9(7)11(14)6-8/h1-4,6,14H,5H2,(H,12,13). The summed E-state index contributed by atoms with van der Waals surface area (Å²) in [4.78, 5) is 10.7. The van der Waals surface area contributed by atoms with Gasteiger partial charge in [-0.25, -0.2) is 9.86 Å². The van der Waals surface area contributed by atoms with E-state index in [1.165, 1.54) is 6.20 Å². The van der Waals surface area contributed by atoms with E-state index in [-0.39, 0.29) is 5.57 Å². The Balaban J connectivity index is 2.42. The van der Waals surface area contributed by atoms with Crippen LogP contribution in [0.2, 0.25) is 0 Å². The highest BCUT2D eigenvalue weighted by Gasteiger charge is 2.19. The van der Waals surface area contributed by atoms with Gasteiger partial charge in [-0.15, -0.1) is 0 Å². The molecule has 2 rings (SSSR count). The van der Waals surface area contributed by atoms with Crippen LogP contribution in [-0.4, -0.2) is 16.3 Å². The number of benzene rings is 1. The van der Waals surface area contributed by atoms with Crippen LogP contribution in [0.1, 0.15) is 5.56 Å². The molecule has 0 amide bonds. The average molecular weight is 191 g/mol. The summed E-state index contributed by atoms with van der Waals surface area (Å²) in [6.07, 6.45) is 1.58. The first-order valence-corrected chi connectivity index (χ1v) is 4.18. The molecule has 72 valence electrons. The molecule has 0 fully saturated rings. The Morgan fingerprint density at radius 1 is 1.36 bits per heavy atom. The topological polar surface area (TPSA) is 60.8 Å². The Morgan fingerprint density at radius 2 is 2.07 bits per heavy atom. The van der Waals surface area contributed by atoms with Crippen LogP contribution >= 0.6 is 0 Å². The number of carboxylic acid groups (broad SMARTS) is 1. The van der Waals surface area contributed by atoms with Crippen molar-refractivity contribution in [2.24, 2.45) is 0 Å². The summed E-state index contributed by atoms with van der Waals surface area (Å²) in [5.41, 5.74) is 1.64. The molecule has 1 aliphatic heterocycles. The highest BCUT2D eigenvalue weighted by atomic mass is 16.5. The van der Waals surface area contributed by atoms with E-state index in [0.717, 1.165) is 10.6 Å². The molecule has 0 bridgehead atoms. The molecule has 0 spiro atoms. The third kappa shape index (κ3) is 1.36. The minimum atomic E-state index is -1.00. The van der Waals surface area contributed by atoms with Crippen molar-refractivity contribution in [2.75, 3.05) is 5.06 Å². The Labute approximate surface area is 80.7 Å². The zero-order valence-electron chi connectivity index (χ0n) is 7.34. The molecule has 0 radical (unpaired) electrons. The summed E-state index contributed by atoms with van der Waals surface area (Å²) in [6.45, 7) is 0. The fourth-order valence-corrected chi connectivity index (χ4v) is 1.48. The number of para-hydroxylation sites is 1. The fourth-order valence-electron chi connectivity index (χ4n) is 1.48. The molecule has 4 heteroatoms. The number of carboxylic acids is 1. The van der Waals surface area contributed by atoms with Crippen LogP contribution in [0.5, 0.6) is 0 Å². The minimum absolute atomic E-state index is 0.186. The number of rotatable bonds is 1. The van der Waals surface area contributed by atoms with E-state index in [2.05, 4.69) is 0 Å². The summed E-state index contributed by atoms with van der Waals surface area (Å²) in [7, 11) is 0. The van der Waals surface area contributed by atoms with Crippen LogP contribution in [0, 0.1) is 0 Å². The number of fused-ring (bicyclic) bond motifs is 1. The van der Waals surface area contributed by atoms with Gasteiger partial charge in [-0.3, -0.25) is 5.21 Å². The maximum Gasteiger partial charge on any atom is 0.333 e. The van der Waals surface area contributed by atoms with Crippen LogP contribution in [0.4, 0.5) is 5.69 Å². The van der Waals surface area contributed by atoms with Crippen molar-refractivity contribution in [2.45, 2.75) is 6.42 Å². The molecule has 0 saturated carbocycles. The lowest BCUT2D eigenvalue weighted by molar-refractivity contribution is -0.132. The molecule has 0 unspecified atom stereocenters. The van der Waals surface area contributed by atoms with Crippen LogP contribution in [-0.2, 0) is 11.2 Å². The zero-order valence-corrected chi connectivity index (χ0v) is 7.34. The molecular weight excluding hydrogens is 182 g/mol. The summed E-state index contributed by atoms with van der Waals surface area (Å²) in [6, 6.07) is 7.15. The number of hydrogen-bond donors (Lipinski definition) is 2. The van der Waals surface area contributed by atoms with Crippen LogP contribution in [0.15, 0.2) is 36.0 Å². The van der Waals surface area contributed by atoms with Gasteiger partial charge in [0.1, 0.15) is 0 Å². The zero-order chi connectivity index (χ0) is 10.1. The van der Waals surface area contributed by atoms with Crippen molar-refractivity contribution in [3.8, 4) is 0 Å². The first kappa shape index (κ1) is 8.77. The van der Waals surface area contributed by atoms with Gasteiger partial charge in [0.05, 0.1) is 11.3 Å². The lowest BCUT2D eigenvalue weighted by Gasteiger charge is -2.22. The van der Waals surface area contributed by atoms with Crippen molar-refractivity contribution in [1.82, 2.24) is 0 Å². The quantitative estimate of drug-likeness (QED) is 0.704. The number of anilines is 1. The van der Waals surface area contributed by atoms with Gasteiger partial charge in [0.15, 0.2) is 0 Å². The molecule has 4 nitrogen and oxygen atoms in total. The SMILES string of the molecule is O=C(O)C1=CN(O)c2ccccc2C1. The van der Waals surface area contributed by atoms with Gasteiger partial charge in [0.2, 0.25) is 0 Å². The van der Waals surface area contributed by atoms with E-state index in [1.807, 2.05) is 6.07 Å². The van der Waals surface area contributed by atoms with Crippen molar-refractivity contribution >= 4 is 11.7 Å². The molecule has 1 aromatic rings. The van der Waals surface area contributed by atoms with Crippen LogP contribution < -0.4 is 5.06 Å². The third-order valence-corrected chi connectivity index (χ3v) is 2.17. The number of hydroxylamine groups is 1. The number of nitrogens with zero attached hydrogens (tertiary/aromatic N) is 1.